The van der Waals surface area contributed by atoms with E-state index < -0.39 is 5.92 Å². The van der Waals surface area contributed by atoms with Crippen molar-refractivity contribution in [3.63, 3.8) is 0 Å². The van der Waals surface area contributed by atoms with Crippen LogP contribution in [0.15, 0.2) is 16.6 Å². The molecule has 0 fully saturated rings. The maximum atomic E-state index is 13.1. The third kappa shape index (κ3) is 2.94. The standard InChI is InChI=1S/C10H10BrF2N.C2H6/c1-6-2-8(11)3-7-4-10(12,13)5-14-9(6)7;1-2/h2-3,14H,4-5H2,1H3;1-2H3. The smallest absolute Gasteiger partial charge is 0.269 e. The second kappa shape index (κ2) is 5.13. The van der Waals surface area contributed by atoms with Crippen molar-refractivity contribution in [1.29, 1.82) is 0 Å². The van der Waals surface area contributed by atoms with E-state index in [4.69, 9.17) is 0 Å². The highest BCUT2D eigenvalue weighted by Crippen LogP contribution is 2.34. The summed E-state index contributed by atoms with van der Waals surface area (Å²) < 4.78 is 27.0. The number of nitrogens with one attached hydrogen (secondary N) is 1. The zero-order valence-corrected chi connectivity index (χ0v) is 11.3. The molecule has 1 aliphatic heterocycles. The van der Waals surface area contributed by atoms with Crippen molar-refractivity contribution in [3.8, 4) is 0 Å². The van der Waals surface area contributed by atoms with Crippen molar-refractivity contribution in [2.45, 2.75) is 33.1 Å². The van der Waals surface area contributed by atoms with Gasteiger partial charge in [-0.25, -0.2) is 8.78 Å². The van der Waals surface area contributed by atoms with Gasteiger partial charge in [-0.1, -0.05) is 29.8 Å². The van der Waals surface area contributed by atoms with E-state index in [1.807, 2.05) is 26.8 Å². The van der Waals surface area contributed by atoms with Crippen LogP contribution in [0.4, 0.5) is 14.5 Å². The number of alkyl halides is 2. The summed E-state index contributed by atoms with van der Waals surface area (Å²) in [5.41, 5.74) is 2.55. The minimum Gasteiger partial charge on any atom is -0.379 e. The molecule has 0 aromatic heterocycles. The van der Waals surface area contributed by atoms with Gasteiger partial charge in [0.15, 0.2) is 0 Å². The lowest BCUT2D eigenvalue weighted by Crippen LogP contribution is -2.34. The van der Waals surface area contributed by atoms with Crippen molar-refractivity contribution in [1.82, 2.24) is 0 Å². The fourth-order valence-corrected chi connectivity index (χ4v) is 2.38. The Morgan fingerprint density at radius 1 is 1.31 bits per heavy atom. The van der Waals surface area contributed by atoms with Gasteiger partial charge in [-0.2, -0.15) is 0 Å². The number of hydrogen-bond acceptors (Lipinski definition) is 1. The van der Waals surface area contributed by atoms with Gasteiger partial charge in [-0.15, -0.1) is 0 Å². The molecule has 1 heterocycles. The molecule has 0 spiro atoms. The first-order chi connectivity index (χ1) is 7.48. The lowest BCUT2D eigenvalue weighted by molar-refractivity contribution is 0.0129. The summed E-state index contributed by atoms with van der Waals surface area (Å²) in [7, 11) is 0. The molecule has 0 saturated carbocycles. The van der Waals surface area contributed by atoms with Gasteiger partial charge in [0.1, 0.15) is 0 Å². The molecule has 0 aliphatic carbocycles. The van der Waals surface area contributed by atoms with Gasteiger partial charge >= 0.3 is 0 Å². The normalized spacial score (nSPS) is 16.6. The molecule has 1 nitrogen and oxygen atoms in total. The van der Waals surface area contributed by atoms with Crippen LogP contribution in [0.2, 0.25) is 0 Å². The van der Waals surface area contributed by atoms with Gasteiger partial charge in [0.05, 0.1) is 6.54 Å². The molecule has 1 aromatic carbocycles. The Bertz CT molecular complexity index is 378. The molecule has 90 valence electrons. The molecular formula is C12H16BrF2N. The number of aryl methyl sites for hydroxylation is 1. The van der Waals surface area contributed by atoms with Crippen molar-refractivity contribution < 1.29 is 8.78 Å². The average Bonchev–Trinajstić information content (AvgIpc) is 2.18. The van der Waals surface area contributed by atoms with E-state index >= 15 is 0 Å². The lowest BCUT2D eigenvalue weighted by atomic mass is 9.98. The molecule has 0 atom stereocenters. The van der Waals surface area contributed by atoms with E-state index in [1.165, 1.54) is 0 Å². The molecular weight excluding hydrogens is 276 g/mol. The van der Waals surface area contributed by atoms with Crippen LogP contribution in [0.1, 0.15) is 25.0 Å². The van der Waals surface area contributed by atoms with Gasteiger partial charge in [0.2, 0.25) is 0 Å². The second-order valence-electron chi connectivity index (χ2n) is 3.64. The Morgan fingerprint density at radius 3 is 2.56 bits per heavy atom. The van der Waals surface area contributed by atoms with Crippen LogP contribution in [0.25, 0.3) is 0 Å². The number of fused-ring (bicyclic) bond motifs is 1. The first kappa shape index (κ1) is 13.4. The maximum Gasteiger partial charge on any atom is 0.269 e. The van der Waals surface area contributed by atoms with E-state index in [0.717, 1.165) is 15.7 Å². The predicted octanol–water partition coefficient (Wildman–Crippen LogP) is 4.39. The highest BCUT2D eigenvalue weighted by atomic mass is 79.9. The molecule has 0 bridgehead atoms. The topological polar surface area (TPSA) is 12.0 Å². The Balaban J connectivity index is 0.000000606. The lowest BCUT2D eigenvalue weighted by Gasteiger charge is -2.27. The maximum absolute atomic E-state index is 13.1. The summed E-state index contributed by atoms with van der Waals surface area (Å²) in [6.07, 6.45) is -0.171. The Morgan fingerprint density at radius 2 is 1.94 bits per heavy atom. The van der Waals surface area contributed by atoms with E-state index in [9.17, 15) is 8.78 Å². The first-order valence-electron chi connectivity index (χ1n) is 5.39. The van der Waals surface area contributed by atoms with Crippen LogP contribution in [0.5, 0.6) is 0 Å². The zero-order chi connectivity index (χ0) is 12.3. The molecule has 1 aliphatic rings. The third-order valence-electron chi connectivity index (χ3n) is 2.35. The number of rotatable bonds is 0. The third-order valence-corrected chi connectivity index (χ3v) is 2.81. The highest BCUT2D eigenvalue weighted by Gasteiger charge is 2.34. The summed E-state index contributed by atoms with van der Waals surface area (Å²) >= 11 is 3.31. The van der Waals surface area contributed by atoms with Crippen LogP contribution in [-0.2, 0) is 6.42 Å². The number of benzene rings is 1. The molecule has 0 radical (unpaired) electrons. The zero-order valence-electron chi connectivity index (χ0n) is 9.70. The molecule has 2 rings (SSSR count). The largest absolute Gasteiger partial charge is 0.379 e. The van der Waals surface area contributed by atoms with E-state index in [2.05, 4.69) is 21.2 Å². The molecule has 0 unspecified atom stereocenters. The van der Waals surface area contributed by atoms with Gasteiger partial charge in [0.25, 0.3) is 5.92 Å². The van der Waals surface area contributed by atoms with Gasteiger partial charge in [-0.05, 0) is 30.2 Å². The van der Waals surface area contributed by atoms with Gasteiger partial charge < -0.3 is 5.32 Å². The number of halogens is 3. The molecule has 1 N–H and O–H groups in total. The van der Waals surface area contributed by atoms with Crippen LogP contribution in [0.3, 0.4) is 0 Å². The Kier molecular flexibility index (Phi) is 4.30. The summed E-state index contributed by atoms with van der Waals surface area (Å²) in [6, 6.07) is 3.68. The van der Waals surface area contributed by atoms with Crippen LogP contribution in [0, 0.1) is 6.92 Å². The summed E-state index contributed by atoms with van der Waals surface area (Å²) in [5.74, 6) is -2.62. The van der Waals surface area contributed by atoms with E-state index in [-0.39, 0.29) is 13.0 Å². The van der Waals surface area contributed by atoms with E-state index in [0.29, 0.717) is 5.56 Å². The first-order valence-corrected chi connectivity index (χ1v) is 6.18. The van der Waals surface area contributed by atoms with Gasteiger partial charge in [0, 0.05) is 16.6 Å². The van der Waals surface area contributed by atoms with Crippen molar-refractivity contribution in [2.75, 3.05) is 11.9 Å². The number of anilines is 1. The van der Waals surface area contributed by atoms with Crippen molar-refractivity contribution >= 4 is 21.6 Å². The predicted molar refractivity (Wildman–Crippen MR) is 67.4 cm³/mol. The molecule has 1 aromatic rings. The minimum absolute atomic E-state index is 0.171. The van der Waals surface area contributed by atoms with Gasteiger partial charge in [-0.3, -0.25) is 0 Å². The van der Waals surface area contributed by atoms with E-state index in [1.54, 1.807) is 6.07 Å². The fourth-order valence-electron chi connectivity index (χ4n) is 1.76. The SMILES string of the molecule is CC.Cc1cc(Br)cc2c1NCC(F)(F)C2. The molecule has 4 heteroatoms. The quantitative estimate of drug-likeness (QED) is 0.748. The highest BCUT2D eigenvalue weighted by molar-refractivity contribution is 9.10. The van der Waals surface area contributed by atoms with Crippen LogP contribution < -0.4 is 5.32 Å². The van der Waals surface area contributed by atoms with Crippen molar-refractivity contribution in [3.05, 3.63) is 27.7 Å². The fraction of sp³-hybridized carbons (Fsp3) is 0.500. The molecule has 0 amide bonds. The summed E-state index contributed by atoms with van der Waals surface area (Å²) in [6.45, 7) is 5.66. The summed E-state index contributed by atoms with van der Waals surface area (Å²) in [5, 5.41) is 2.78. The summed E-state index contributed by atoms with van der Waals surface area (Å²) in [4.78, 5) is 0. The van der Waals surface area contributed by atoms with Crippen LogP contribution >= 0.6 is 15.9 Å². The minimum atomic E-state index is -2.62. The Hall–Kier alpha value is -0.640. The van der Waals surface area contributed by atoms with Crippen LogP contribution in [-0.4, -0.2) is 12.5 Å². The molecule has 0 saturated heterocycles. The Labute approximate surface area is 103 Å². The number of hydrogen-bond donors (Lipinski definition) is 1. The second-order valence-corrected chi connectivity index (χ2v) is 4.56. The average molecular weight is 292 g/mol. The monoisotopic (exact) mass is 291 g/mol. The van der Waals surface area contributed by atoms with Crippen molar-refractivity contribution in [2.24, 2.45) is 0 Å². The molecule has 16 heavy (non-hydrogen) atoms.